The third kappa shape index (κ3) is 6.26. The molecule has 1 aromatic carbocycles. The van der Waals surface area contributed by atoms with Crippen LogP contribution in [0.3, 0.4) is 0 Å². The summed E-state index contributed by atoms with van der Waals surface area (Å²) in [5.74, 6) is 0.780. The number of hydrogen-bond donors (Lipinski definition) is 1. The van der Waals surface area contributed by atoms with Gasteiger partial charge in [-0.1, -0.05) is 12.1 Å². The molecule has 8 nitrogen and oxygen atoms in total. The average molecular weight is 452 g/mol. The lowest BCUT2D eigenvalue weighted by Crippen LogP contribution is -2.52. The SMILES string of the molecule is O=C(NC[C@@H]([C@H]1CCOC1)N1CCOCC1)c1cccc(CN2CCS(=O)(=O)CC2)c1. The molecule has 9 heteroatoms. The molecule has 172 valence electrons. The van der Waals surface area contributed by atoms with Crippen molar-refractivity contribution in [3.63, 3.8) is 0 Å². The number of rotatable bonds is 7. The molecule has 3 heterocycles. The molecule has 3 saturated heterocycles. The zero-order valence-corrected chi connectivity index (χ0v) is 18.8. The highest BCUT2D eigenvalue weighted by Crippen LogP contribution is 2.22. The van der Waals surface area contributed by atoms with Crippen LogP contribution in [0.1, 0.15) is 22.3 Å². The van der Waals surface area contributed by atoms with Gasteiger partial charge in [-0.15, -0.1) is 0 Å². The zero-order chi connectivity index (χ0) is 21.7. The van der Waals surface area contributed by atoms with E-state index in [0.717, 1.165) is 51.5 Å². The van der Waals surface area contributed by atoms with Crippen molar-refractivity contribution in [3.8, 4) is 0 Å². The van der Waals surface area contributed by atoms with Crippen LogP contribution in [-0.2, 0) is 25.9 Å². The lowest BCUT2D eigenvalue weighted by atomic mass is 9.96. The van der Waals surface area contributed by atoms with Crippen molar-refractivity contribution >= 4 is 15.7 Å². The quantitative estimate of drug-likeness (QED) is 0.641. The topological polar surface area (TPSA) is 88.2 Å². The van der Waals surface area contributed by atoms with Gasteiger partial charge in [-0.3, -0.25) is 14.6 Å². The molecule has 4 rings (SSSR count). The van der Waals surface area contributed by atoms with Gasteiger partial charge in [0.15, 0.2) is 9.84 Å². The Labute approximate surface area is 184 Å². The summed E-state index contributed by atoms with van der Waals surface area (Å²) in [6, 6.07) is 7.90. The average Bonchev–Trinajstić information content (AvgIpc) is 3.31. The fourth-order valence-electron chi connectivity index (χ4n) is 4.64. The fraction of sp³-hybridized carbons (Fsp3) is 0.682. The summed E-state index contributed by atoms with van der Waals surface area (Å²) in [7, 11) is -2.89. The van der Waals surface area contributed by atoms with Crippen molar-refractivity contribution in [2.75, 3.05) is 70.7 Å². The number of hydrogen-bond acceptors (Lipinski definition) is 7. The van der Waals surface area contributed by atoms with E-state index in [2.05, 4.69) is 15.1 Å². The van der Waals surface area contributed by atoms with Crippen molar-refractivity contribution in [3.05, 3.63) is 35.4 Å². The lowest BCUT2D eigenvalue weighted by Gasteiger charge is -2.37. The van der Waals surface area contributed by atoms with Crippen LogP contribution in [0.15, 0.2) is 24.3 Å². The molecule has 0 unspecified atom stereocenters. The summed E-state index contributed by atoms with van der Waals surface area (Å²) < 4.78 is 34.4. The van der Waals surface area contributed by atoms with E-state index < -0.39 is 9.84 Å². The molecule has 3 aliphatic heterocycles. The summed E-state index contributed by atoms with van der Waals surface area (Å²) in [6.45, 7) is 7.13. The first-order chi connectivity index (χ1) is 15.0. The zero-order valence-electron chi connectivity index (χ0n) is 18.0. The minimum absolute atomic E-state index is 0.0692. The predicted molar refractivity (Wildman–Crippen MR) is 118 cm³/mol. The highest BCUT2D eigenvalue weighted by atomic mass is 32.2. The Kier molecular flexibility index (Phi) is 7.60. The maximum atomic E-state index is 12.9. The summed E-state index contributed by atoms with van der Waals surface area (Å²) in [4.78, 5) is 17.5. The minimum Gasteiger partial charge on any atom is -0.381 e. The van der Waals surface area contributed by atoms with Gasteiger partial charge in [0, 0.05) is 63.4 Å². The van der Waals surface area contributed by atoms with Crippen molar-refractivity contribution in [1.29, 1.82) is 0 Å². The number of nitrogens with one attached hydrogen (secondary N) is 1. The van der Waals surface area contributed by atoms with Crippen molar-refractivity contribution in [2.24, 2.45) is 5.92 Å². The van der Waals surface area contributed by atoms with Crippen LogP contribution in [-0.4, -0.2) is 101 Å². The second-order valence-electron chi connectivity index (χ2n) is 8.68. The van der Waals surface area contributed by atoms with E-state index in [0.29, 0.717) is 37.7 Å². The number of carbonyl (C=O) groups excluding carboxylic acids is 1. The van der Waals surface area contributed by atoms with Gasteiger partial charge in [-0.2, -0.15) is 0 Å². The summed E-state index contributed by atoms with van der Waals surface area (Å²) in [5.41, 5.74) is 1.67. The van der Waals surface area contributed by atoms with Gasteiger partial charge >= 0.3 is 0 Å². The number of sulfone groups is 1. The van der Waals surface area contributed by atoms with Crippen LogP contribution in [0.4, 0.5) is 0 Å². The third-order valence-corrected chi connectivity index (χ3v) is 8.14. The van der Waals surface area contributed by atoms with Gasteiger partial charge in [-0.05, 0) is 24.1 Å². The summed E-state index contributed by atoms with van der Waals surface area (Å²) in [6.07, 6.45) is 1.03. The molecule has 1 N–H and O–H groups in total. The lowest BCUT2D eigenvalue weighted by molar-refractivity contribution is 0.00166. The molecule has 0 aliphatic carbocycles. The second kappa shape index (κ2) is 10.4. The van der Waals surface area contributed by atoms with Gasteiger partial charge in [0.25, 0.3) is 5.91 Å². The van der Waals surface area contributed by atoms with Crippen LogP contribution >= 0.6 is 0 Å². The van der Waals surface area contributed by atoms with Crippen molar-refractivity contribution < 1.29 is 22.7 Å². The van der Waals surface area contributed by atoms with Crippen LogP contribution in [0, 0.1) is 5.92 Å². The van der Waals surface area contributed by atoms with Gasteiger partial charge < -0.3 is 14.8 Å². The first-order valence-corrected chi connectivity index (χ1v) is 13.0. The van der Waals surface area contributed by atoms with Gasteiger partial charge in [0.1, 0.15) is 0 Å². The minimum atomic E-state index is -2.89. The molecule has 3 fully saturated rings. The monoisotopic (exact) mass is 451 g/mol. The number of benzene rings is 1. The molecule has 3 aliphatic rings. The molecular weight excluding hydrogens is 418 g/mol. The Morgan fingerprint density at radius 2 is 1.87 bits per heavy atom. The molecule has 0 aromatic heterocycles. The van der Waals surface area contributed by atoms with Crippen LogP contribution < -0.4 is 5.32 Å². The van der Waals surface area contributed by atoms with E-state index in [-0.39, 0.29) is 23.5 Å². The molecule has 1 amide bonds. The molecule has 0 radical (unpaired) electrons. The Bertz CT molecular complexity index is 836. The normalized spacial score (nSPS) is 25.9. The summed E-state index contributed by atoms with van der Waals surface area (Å²) in [5, 5.41) is 3.14. The Morgan fingerprint density at radius 1 is 1.10 bits per heavy atom. The Balaban J connectivity index is 1.34. The number of ether oxygens (including phenoxy) is 2. The number of amides is 1. The predicted octanol–water partition coefficient (Wildman–Crippen LogP) is 0.384. The molecule has 0 bridgehead atoms. The number of nitrogens with zero attached hydrogens (tertiary/aromatic N) is 2. The van der Waals surface area contributed by atoms with Crippen LogP contribution in [0.5, 0.6) is 0 Å². The molecule has 0 spiro atoms. The smallest absolute Gasteiger partial charge is 0.251 e. The highest BCUT2D eigenvalue weighted by Gasteiger charge is 2.32. The molecule has 2 atom stereocenters. The van der Waals surface area contributed by atoms with Crippen LogP contribution in [0.2, 0.25) is 0 Å². The second-order valence-corrected chi connectivity index (χ2v) is 11.0. The van der Waals surface area contributed by atoms with E-state index in [1.54, 1.807) is 0 Å². The first-order valence-electron chi connectivity index (χ1n) is 11.2. The molecule has 31 heavy (non-hydrogen) atoms. The van der Waals surface area contributed by atoms with E-state index in [1.165, 1.54) is 0 Å². The highest BCUT2D eigenvalue weighted by molar-refractivity contribution is 7.91. The maximum Gasteiger partial charge on any atom is 0.251 e. The first kappa shape index (κ1) is 22.7. The van der Waals surface area contributed by atoms with E-state index in [4.69, 9.17) is 9.47 Å². The maximum absolute atomic E-state index is 12.9. The van der Waals surface area contributed by atoms with Crippen LogP contribution in [0.25, 0.3) is 0 Å². The molecular formula is C22H33N3O5S. The molecule has 0 saturated carbocycles. The standard InChI is InChI=1S/C22H33N3O5S/c26-22(23-15-21(20-4-9-30-17-20)25-5-10-29-11-6-25)19-3-1-2-18(14-19)16-24-7-12-31(27,28)13-8-24/h1-3,14,20-21H,4-13,15-17H2,(H,23,26)/t20-,21-/m0/s1. The fourth-order valence-corrected chi connectivity index (χ4v) is 5.91. The van der Waals surface area contributed by atoms with E-state index in [1.807, 2.05) is 24.3 Å². The van der Waals surface area contributed by atoms with Crippen molar-refractivity contribution in [1.82, 2.24) is 15.1 Å². The summed E-state index contributed by atoms with van der Waals surface area (Å²) >= 11 is 0. The molecule has 1 aromatic rings. The number of carbonyl (C=O) groups is 1. The Hall–Kier alpha value is -1.52. The number of morpholine rings is 1. The third-order valence-electron chi connectivity index (χ3n) is 6.53. The van der Waals surface area contributed by atoms with Crippen molar-refractivity contribution in [2.45, 2.75) is 19.0 Å². The Morgan fingerprint density at radius 3 is 2.58 bits per heavy atom. The van der Waals surface area contributed by atoms with Gasteiger partial charge in [-0.25, -0.2) is 8.42 Å². The van der Waals surface area contributed by atoms with Gasteiger partial charge in [0.2, 0.25) is 0 Å². The van der Waals surface area contributed by atoms with Gasteiger partial charge in [0.05, 0.1) is 31.3 Å². The van der Waals surface area contributed by atoms with E-state index in [9.17, 15) is 13.2 Å². The largest absolute Gasteiger partial charge is 0.381 e. The van der Waals surface area contributed by atoms with E-state index >= 15 is 0 Å².